The molecule has 4 N–H and O–H groups in total. The SMILES string of the molecule is CCS(=O)(=O)c1cc(OCCCCCCc2cccc(OCCCC(=O)O)c2CCC(=O)O)cc(-c2ccc(O)c(O)c2)c1. The van der Waals surface area contributed by atoms with Gasteiger partial charge < -0.3 is 29.9 Å². The van der Waals surface area contributed by atoms with Gasteiger partial charge in [-0.3, -0.25) is 9.59 Å². The molecule has 0 saturated carbocycles. The average molecular weight is 629 g/mol. The summed E-state index contributed by atoms with van der Waals surface area (Å²) in [6.45, 7) is 2.18. The van der Waals surface area contributed by atoms with Crippen molar-refractivity contribution in [2.24, 2.45) is 0 Å². The summed E-state index contributed by atoms with van der Waals surface area (Å²) < 4.78 is 37.0. The van der Waals surface area contributed by atoms with Crippen molar-refractivity contribution in [3.05, 3.63) is 65.7 Å². The van der Waals surface area contributed by atoms with Gasteiger partial charge in [0.15, 0.2) is 21.3 Å². The predicted octanol–water partition coefficient (Wildman–Crippen LogP) is 6.00. The van der Waals surface area contributed by atoms with E-state index in [-0.39, 0.29) is 41.6 Å². The first-order chi connectivity index (χ1) is 21.0. The highest BCUT2D eigenvalue weighted by Gasteiger charge is 2.16. The Balaban J connectivity index is 1.57. The van der Waals surface area contributed by atoms with Crippen LogP contribution in [0, 0.1) is 0 Å². The number of ether oxygens (including phenoxy) is 2. The molecule has 0 aromatic heterocycles. The van der Waals surface area contributed by atoms with E-state index in [1.54, 1.807) is 25.1 Å². The number of benzene rings is 3. The molecule has 3 aromatic carbocycles. The number of carbonyl (C=O) groups is 2. The molecular formula is C33H40O10S. The van der Waals surface area contributed by atoms with E-state index in [9.17, 15) is 33.3 Å². The van der Waals surface area contributed by atoms with Crippen LogP contribution in [0.2, 0.25) is 0 Å². The molecule has 0 atom stereocenters. The van der Waals surface area contributed by atoms with Gasteiger partial charge in [0.2, 0.25) is 0 Å². The molecular weight excluding hydrogens is 588 g/mol. The number of unbranched alkanes of at least 4 members (excludes halogenated alkanes) is 3. The summed E-state index contributed by atoms with van der Waals surface area (Å²) in [5.41, 5.74) is 2.93. The van der Waals surface area contributed by atoms with Crippen molar-refractivity contribution in [3.8, 4) is 34.1 Å². The zero-order chi connectivity index (χ0) is 32.1. The summed E-state index contributed by atoms with van der Waals surface area (Å²) in [6, 6.07) is 14.6. The van der Waals surface area contributed by atoms with Crippen molar-refractivity contribution < 1.29 is 47.9 Å². The summed E-state index contributed by atoms with van der Waals surface area (Å²) in [5, 5.41) is 37.6. The summed E-state index contributed by atoms with van der Waals surface area (Å²) in [6.07, 6.45) is 4.75. The summed E-state index contributed by atoms with van der Waals surface area (Å²) in [4.78, 5) is 22.1. The Kier molecular flexibility index (Phi) is 12.9. The number of hydrogen-bond acceptors (Lipinski definition) is 8. The van der Waals surface area contributed by atoms with Crippen molar-refractivity contribution in [1.29, 1.82) is 0 Å². The Morgan fingerprint density at radius 1 is 0.727 bits per heavy atom. The van der Waals surface area contributed by atoms with E-state index in [1.165, 1.54) is 24.3 Å². The highest BCUT2D eigenvalue weighted by Crippen LogP contribution is 2.34. The fourth-order valence-corrected chi connectivity index (χ4v) is 5.67. The van der Waals surface area contributed by atoms with Crippen LogP contribution in [0.1, 0.15) is 63.0 Å². The summed E-state index contributed by atoms with van der Waals surface area (Å²) >= 11 is 0. The van der Waals surface area contributed by atoms with E-state index in [0.29, 0.717) is 42.1 Å². The third-order valence-corrected chi connectivity index (χ3v) is 8.86. The Morgan fingerprint density at radius 2 is 1.45 bits per heavy atom. The van der Waals surface area contributed by atoms with Crippen LogP contribution < -0.4 is 9.47 Å². The van der Waals surface area contributed by atoms with E-state index >= 15 is 0 Å². The molecule has 0 bridgehead atoms. The van der Waals surface area contributed by atoms with Gasteiger partial charge in [-0.15, -0.1) is 0 Å². The van der Waals surface area contributed by atoms with Crippen molar-refractivity contribution in [3.63, 3.8) is 0 Å². The number of phenols is 2. The van der Waals surface area contributed by atoms with Gasteiger partial charge >= 0.3 is 11.9 Å². The van der Waals surface area contributed by atoms with E-state index in [1.807, 2.05) is 12.1 Å². The van der Waals surface area contributed by atoms with Crippen LogP contribution in [-0.4, -0.2) is 59.7 Å². The van der Waals surface area contributed by atoms with Gasteiger partial charge in [0.1, 0.15) is 11.5 Å². The maximum Gasteiger partial charge on any atom is 0.303 e. The lowest BCUT2D eigenvalue weighted by Crippen LogP contribution is -2.07. The minimum absolute atomic E-state index is 0.00126. The number of carboxylic acid groups (broad SMARTS) is 2. The molecule has 44 heavy (non-hydrogen) atoms. The number of carboxylic acids is 2. The van der Waals surface area contributed by atoms with Gasteiger partial charge in [0.25, 0.3) is 0 Å². The fourth-order valence-electron chi connectivity index (χ4n) is 4.73. The van der Waals surface area contributed by atoms with Crippen molar-refractivity contribution >= 4 is 21.8 Å². The Bertz CT molecular complexity index is 1530. The molecule has 3 rings (SSSR count). The Hall–Kier alpha value is -4.25. The molecule has 0 unspecified atom stereocenters. The number of sulfone groups is 1. The third-order valence-electron chi connectivity index (χ3n) is 7.15. The standard InChI is InChI=1S/C33H40O10S/c1-2-44(40,41)27-20-25(24-13-15-29(34)30(35)21-24)19-26(22-27)42-17-6-4-3-5-9-23-10-7-11-31(28(23)14-16-33(38)39)43-18-8-12-32(36)37/h7,10-11,13,15,19-22,34-35H,2-6,8-9,12,14,16-18H2,1H3,(H,36,37)(H,38,39). The van der Waals surface area contributed by atoms with Gasteiger partial charge in [-0.05, 0) is 90.8 Å². The van der Waals surface area contributed by atoms with Crippen LogP contribution in [0.15, 0.2) is 59.5 Å². The highest BCUT2D eigenvalue weighted by molar-refractivity contribution is 7.91. The zero-order valence-electron chi connectivity index (χ0n) is 24.8. The number of aryl methyl sites for hydroxylation is 1. The fraction of sp³-hybridized carbons (Fsp3) is 0.394. The van der Waals surface area contributed by atoms with E-state index in [2.05, 4.69) is 0 Å². The normalized spacial score (nSPS) is 11.3. The molecule has 10 nitrogen and oxygen atoms in total. The zero-order valence-corrected chi connectivity index (χ0v) is 25.6. The summed E-state index contributed by atoms with van der Waals surface area (Å²) in [7, 11) is -3.52. The summed E-state index contributed by atoms with van der Waals surface area (Å²) in [5.74, 6) is -1.46. The highest BCUT2D eigenvalue weighted by atomic mass is 32.2. The number of phenolic OH excluding ortho intramolecular Hbond substituents is 2. The van der Waals surface area contributed by atoms with Crippen LogP contribution in [0.4, 0.5) is 0 Å². The molecule has 3 aromatic rings. The molecule has 0 radical (unpaired) electrons. The van der Waals surface area contributed by atoms with Gasteiger partial charge in [0, 0.05) is 12.8 Å². The number of rotatable bonds is 19. The Labute approximate surface area is 257 Å². The molecule has 0 fully saturated rings. The van der Waals surface area contributed by atoms with Gasteiger partial charge in [0.05, 0.1) is 23.9 Å². The van der Waals surface area contributed by atoms with Crippen molar-refractivity contribution in [1.82, 2.24) is 0 Å². The van der Waals surface area contributed by atoms with Crippen molar-refractivity contribution in [2.75, 3.05) is 19.0 Å². The van der Waals surface area contributed by atoms with Crippen LogP contribution in [0.25, 0.3) is 11.1 Å². The topological polar surface area (TPSA) is 168 Å². The number of aliphatic carboxylic acids is 2. The lowest BCUT2D eigenvalue weighted by Gasteiger charge is -2.15. The van der Waals surface area contributed by atoms with Crippen LogP contribution in [0.3, 0.4) is 0 Å². The average Bonchev–Trinajstić information content (AvgIpc) is 2.99. The maximum atomic E-state index is 12.6. The lowest BCUT2D eigenvalue weighted by atomic mass is 9.97. The first-order valence-electron chi connectivity index (χ1n) is 14.7. The minimum atomic E-state index is -3.52. The minimum Gasteiger partial charge on any atom is -0.504 e. The lowest BCUT2D eigenvalue weighted by molar-refractivity contribution is -0.138. The third kappa shape index (κ3) is 10.5. The molecule has 0 spiro atoms. The molecule has 0 aliphatic carbocycles. The van der Waals surface area contributed by atoms with E-state index in [4.69, 9.17) is 14.6 Å². The molecule has 0 amide bonds. The molecule has 0 saturated heterocycles. The molecule has 11 heteroatoms. The second-order valence-electron chi connectivity index (χ2n) is 10.4. The maximum absolute atomic E-state index is 12.6. The van der Waals surface area contributed by atoms with Crippen LogP contribution in [0.5, 0.6) is 23.0 Å². The van der Waals surface area contributed by atoms with Gasteiger partial charge in [-0.25, -0.2) is 8.42 Å². The molecule has 0 aliphatic heterocycles. The Morgan fingerprint density at radius 3 is 2.16 bits per heavy atom. The predicted molar refractivity (Wildman–Crippen MR) is 165 cm³/mol. The van der Waals surface area contributed by atoms with Gasteiger partial charge in [-0.2, -0.15) is 0 Å². The van der Waals surface area contributed by atoms with E-state index < -0.39 is 21.8 Å². The number of aromatic hydroxyl groups is 2. The second kappa shape index (κ2) is 16.6. The second-order valence-corrected chi connectivity index (χ2v) is 12.7. The first kappa shape index (κ1) is 34.2. The van der Waals surface area contributed by atoms with Crippen LogP contribution >= 0.6 is 0 Å². The van der Waals surface area contributed by atoms with Gasteiger partial charge in [-0.1, -0.05) is 38.0 Å². The van der Waals surface area contributed by atoms with Crippen LogP contribution in [-0.2, 0) is 32.3 Å². The molecule has 0 heterocycles. The first-order valence-corrected chi connectivity index (χ1v) is 16.4. The quantitative estimate of drug-likeness (QED) is 0.0913. The molecule has 0 aliphatic rings. The monoisotopic (exact) mass is 628 g/mol. The number of hydrogen-bond donors (Lipinski definition) is 4. The van der Waals surface area contributed by atoms with Crippen molar-refractivity contribution in [2.45, 2.75) is 69.6 Å². The molecule has 238 valence electrons. The largest absolute Gasteiger partial charge is 0.504 e. The smallest absolute Gasteiger partial charge is 0.303 e. The van der Waals surface area contributed by atoms with E-state index in [0.717, 1.165) is 43.2 Å².